The van der Waals surface area contributed by atoms with Gasteiger partial charge in [0.1, 0.15) is 6.33 Å². The summed E-state index contributed by atoms with van der Waals surface area (Å²) < 4.78 is 5.12. The van der Waals surface area contributed by atoms with E-state index in [1.165, 1.54) is 6.33 Å². The number of aromatic nitrogens is 2. The van der Waals surface area contributed by atoms with Gasteiger partial charge in [0.25, 0.3) is 0 Å². The molecule has 0 aliphatic heterocycles. The van der Waals surface area contributed by atoms with Crippen LogP contribution in [0.4, 0.5) is 0 Å². The molecule has 0 aliphatic carbocycles. The number of hydrogen-bond acceptors (Lipinski definition) is 4. The highest BCUT2D eigenvalue weighted by Crippen LogP contribution is 2.28. The molecular weight excluding hydrogens is 274 g/mol. The highest BCUT2D eigenvalue weighted by Gasteiger charge is 2.15. The third-order valence-electron chi connectivity index (χ3n) is 3.27. The van der Waals surface area contributed by atoms with E-state index in [9.17, 15) is 0 Å². The molecule has 0 fully saturated rings. The second kappa shape index (κ2) is 6.68. The van der Waals surface area contributed by atoms with Gasteiger partial charge in [-0.15, -0.1) is 0 Å². The fraction of sp³-hybridized carbons (Fsp3) is 0.333. The van der Waals surface area contributed by atoms with Gasteiger partial charge in [-0.3, -0.25) is 0 Å². The van der Waals surface area contributed by atoms with Crippen LogP contribution < -0.4 is 10.1 Å². The minimum absolute atomic E-state index is 0.0991. The Labute approximate surface area is 124 Å². The van der Waals surface area contributed by atoms with Crippen LogP contribution in [-0.4, -0.2) is 24.1 Å². The predicted molar refractivity (Wildman–Crippen MR) is 80.3 cm³/mol. The van der Waals surface area contributed by atoms with Crippen molar-refractivity contribution in [2.75, 3.05) is 14.2 Å². The highest BCUT2D eigenvalue weighted by atomic mass is 35.5. The SMILES string of the molecule is CNC(Cc1cc(OC)ncn1)c1cccc(C)c1Cl. The molecule has 1 heterocycles. The van der Waals surface area contributed by atoms with Crippen molar-refractivity contribution >= 4 is 11.6 Å². The molecule has 1 atom stereocenters. The molecular formula is C15H18ClN3O. The third kappa shape index (κ3) is 3.26. The number of benzene rings is 1. The van der Waals surface area contributed by atoms with E-state index in [0.717, 1.165) is 28.3 Å². The molecule has 4 nitrogen and oxygen atoms in total. The Morgan fingerprint density at radius 1 is 1.35 bits per heavy atom. The lowest BCUT2D eigenvalue weighted by Gasteiger charge is -2.18. The van der Waals surface area contributed by atoms with Crippen LogP contribution in [0.5, 0.6) is 5.88 Å². The van der Waals surface area contributed by atoms with Crippen LogP contribution in [0.1, 0.15) is 22.9 Å². The topological polar surface area (TPSA) is 47.0 Å². The number of aryl methyl sites for hydroxylation is 1. The highest BCUT2D eigenvalue weighted by molar-refractivity contribution is 6.32. The van der Waals surface area contributed by atoms with E-state index < -0.39 is 0 Å². The van der Waals surface area contributed by atoms with E-state index in [1.807, 2.05) is 38.2 Å². The average Bonchev–Trinajstić information content (AvgIpc) is 2.48. The van der Waals surface area contributed by atoms with E-state index >= 15 is 0 Å². The van der Waals surface area contributed by atoms with Gasteiger partial charge in [0.15, 0.2) is 0 Å². The van der Waals surface area contributed by atoms with Crippen LogP contribution >= 0.6 is 11.6 Å². The van der Waals surface area contributed by atoms with Crippen molar-refractivity contribution in [1.82, 2.24) is 15.3 Å². The van der Waals surface area contributed by atoms with Crippen LogP contribution in [0.15, 0.2) is 30.6 Å². The molecule has 1 unspecified atom stereocenters. The Bertz CT molecular complexity index is 589. The van der Waals surface area contributed by atoms with Gasteiger partial charge in [0.05, 0.1) is 7.11 Å². The quantitative estimate of drug-likeness (QED) is 0.920. The van der Waals surface area contributed by atoms with Gasteiger partial charge in [-0.25, -0.2) is 9.97 Å². The zero-order chi connectivity index (χ0) is 14.5. The van der Waals surface area contributed by atoms with Crippen molar-refractivity contribution in [2.24, 2.45) is 0 Å². The first-order valence-corrected chi connectivity index (χ1v) is 6.80. The number of rotatable bonds is 5. The predicted octanol–water partition coefficient (Wildman–Crippen LogP) is 2.95. The number of methoxy groups -OCH3 is 1. The molecule has 0 spiro atoms. The van der Waals surface area contributed by atoms with Crippen molar-refractivity contribution in [2.45, 2.75) is 19.4 Å². The van der Waals surface area contributed by atoms with Gasteiger partial charge in [-0.2, -0.15) is 0 Å². The number of hydrogen-bond donors (Lipinski definition) is 1. The molecule has 0 saturated carbocycles. The monoisotopic (exact) mass is 291 g/mol. The van der Waals surface area contributed by atoms with Gasteiger partial charge >= 0.3 is 0 Å². The third-order valence-corrected chi connectivity index (χ3v) is 3.78. The molecule has 0 saturated heterocycles. The molecule has 0 amide bonds. The summed E-state index contributed by atoms with van der Waals surface area (Å²) in [5.41, 5.74) is 3.06. The largest absolute Gasteiger partial charge is 0.481 e. The zero-order valence-corrected chi connectivity index (χ0v) is 12.6. The minimum atomic E-state index is 0.0991. The Morgan fingerprint density at radius 3 is 2.85 bits per heavy atom. The van der Waals surface area contributed by atoms with Crippen molar-refractivity contribution < 1.29 is 4.74 Å². The van der Waals surface area contributed by atoms with Crippen LogP contribution in [0.2, 0.25) is 5.02 Å². The smallest absolute Gasteiger partial charge is 0.216 e. The van der Waals surface area contributed by atoms with Crippen molar-refractivity contribution in [3.8, 4) is 5.88 Å². The number of likely N-dealkylation sites (N-methyl/N-ethyl adjacent to an activating group) is 1. The fourth-order valence-corrected chi connectivity index (χ4v) is 2.37. The maximum Gasteiger partial charge on any atom is 0.216 e. The minimum Gasteiger partial charge on any atom is -0.481 e. The maximum atomic E-state index is 6.39. The first-order valence-electron chi connectivity index (χ1n) is 6.43. The molecule has 2 aromatic rings. The molecule has 1 N–H and O–H groups in total. The van der Waals surface area contributed by atoms with E-state index in [-0.39, 0.29) is 6.04 Å². The molecule has 2 rings (SSSR count). The Hall–Kier alpha value is -1.65. The normalized spacial score (nSPS) is 12.2. The van der Waals surface area contributed by atoms with Crippen molar-refractivity contribution in [1.29, 1.82) is 0 Å². The van der Waals surface area contributed by atoms with E-state index in [1.54, 1.807) is 7.11 Å². The molecule has 0 bridgehead atoms. The summed E-state index contributed by atoms with van der Waals surface area (Å²) in [5, 5.41) is 4.09. The van der Waals surface area contributed by atoms with Gasteiger partial charge in [0, 0.05) is 29.2 Å². The second-order valence-electron chi connectivity index (χ2n) is 4.58. The van der Waals surface area contributed by atoms with E-state index in [2.05, 4.69) is 15.3 Å². The first kappa shape index (κ1) is 14.8. The molecule has 1 aromatic heterocycles. The van der Waals surface area contributed by atoms with Gasteiger partial charge < -0.3 is 10.1 Å². The summed E-state index contributed by atoms with van der Waals surface area (Å²) in [4.78, 5) is 8.29. The second-order valence-corrected chi connectivity index (χ2v) is 4.95. The van der Waals surface area contributed by atoms with Gasteiger partial charge in [-0.1, -0.05) is 29.8 Å². The summed E-state index contributed by atoms with van der Waals surface area (Å²) in [5.74, 6) is 0.570. The van der Waals surface area contributed by atoms with Crippen LogP contribution in [-0.2, 0) is 6.42 Å². The molecule has 20 heavy (non-hydrogen) atoms. The molecule has 5 heteroatoms. The summed E-state index contributed by atoms with van der Waals surface area (Å²) in [6.45, 7) is 2.01. The Morgan fingerprint density at radius 2 is 2.15 bits per heavy atom. The van der Waals surface area contributed by atoms with Crippen LogP contribution in [0.3, 0.4) is 0 Å². The molecule has 1 aromatic carbocycles. The average molecular weight is 292 g/mol. The van der Waals surface area contributed by atoms with Gasteiger partial charge in [-0.05, 0) is 25.1 Å². The maximum absolute atomic E-state index is 6.39. The lowest BCUT2D eigenvalue weighted by atomic mass is 10.00. The summed E-state index contributed by atoms with van der Waals surface area (Å²) in [6.07, 6.45) is 2.23. The molecule has 0 aliphatic rings. The van der Waals surface area contributed by atoms with E-state index in [0.29, 0.717) is 5.88 Å². The van der Waals surface area contributed by atoms with E-state index in [4.69, 9.17) is 16.3 Å². The number of ether oxygens (including phenoxy) is 1. The lowest BCUT2D eigenvalue weighted by molar-refractivity contribution is 0.395. The Kier molecular flexibility index (Phi) is 4.93. The summed E-state index contributed by atoms with van der Waals surface area (Å²) in [6, 6.07) is 8.00. The summed E-state index contributed by atoms with van der Waals surface area (Å²) >= 11 is 6.39. The number of nitrogens with one attached hydrogen (secondary N) is 1. The number of halogens is 1. The Balaban J connectivity index is 2.26. The number of nitrogens with zero attached hydrogens (tertiary/aromatic N) is 2. The lowest BCUT2D eigenvalue weighted by Crippen LogP contribution is -2.20. The molecule has 0 radical (unpaired) electrons. The first-order chi connectivity index (χ1) is 9.65. The van der Waals surface area contributed by atoms with Crippen molar-refractivity contribution in [3.63, 3.8) is 0 Å². The van der Waals surface area contributed by atoms with Crippen LogP contribution in [0, 0.1) is 6.92 Å². The fourth-order valence-electron chi connectivity index (χ4n) is 2.12. The molecule has 106 valence electrons. The van der Waals surface area contributed by atoms with Crippen molar-refractivity contribution in [3.05, 3.63) is 52.4 Å². The zero-order valence-electron chi connectivity index (χ0n) is 11.9. The summed E-state index contributed by atoms with van der Waals surface area (Å²) in [7, 11) is 3.51. The van der Waals surface area contributed by atoms with Gasteiger partial charge in [0.2, 0.25) is 5.88 Å². The standard InChI is InChI=1S/C15H18ClN3O/c1-10-5-4-6-12(15(10)16)13(17-2)7-11-8-14(20-3)19-9-18-11/h4-6,8-9,13,17H,7H2,1-3H3. The van der Waals surface area contributed by atoms with Crippen LogP contribution in [0.25, 0.3) is 0 Å².